The number of para-hydroxylation sites is 1. The first-order valence-corrected chi connectivity index (χ1v) is 12.0. The maximum Gasteiger partial charge on any atom is 0.338 e. The molecule has 178 valence electrons. The molecule has 3 rings (SSSR count). The summed E-state index contributed by atoms with van der Waals surface area (Å²) in [6.45, 7) is 2.41. The molecule has 1 aliphatic rings. The first kappa shape index (κ1) is 25.5. The minimum absolute atomic E-state index is 0.0885. The number of rotatable bonds is 10. The van der Waals surface area contributed by atoms with Gasteiger partial charge < -0.3 is 10.1 Å². The zero-order valence-corrected chi connectivity index (χ0v) is 20.0. The van der Waals surface area contributed by atoms with Crippen LogP contribution in [0.5, 0.6) is 0 Å². The number of allylic oxidation sites excluding steroid dienone is 1. The topological polar surface area (TPSA) is 123 Å². The molecule has 9 heteroatoms. The highest BCUT2D eigenvalue weighted by atomic mass is 32.2. The van der Waals surface area contributed by atoms with Gasteiger partial charge in [-0.3, -0.25) is 9.59 Å². The first-order chi connectivity index (χ1) is 17.0. The van der Waals surface area contributed by atoms with Crippen LogP contribution in [0.4, 0.5) is 11.4 Å². The largest absolute Gasteiger partial charge is 0.462 e. The van der Waals surface area contributed by atoms with Crippen LogP contribution in [-0.2, 0) is 14.3 Å². The number of nitrogens with zero attached hydrogens (tertiary/aromatic N) is 3. The second kappa shape index (κ2) is 12.4. The van der Waals surface area contributed by atoms with Crippen LogP contribution >= 0.6 is 11.8 Å². The van der Waals surface area contributed by atoms with E-state index in [0.29, 0.717) is 23.5 Å². The van der Waals surface area contributed by atoms with E-state index in [1.165, 1.54) is 24.3 Å². The summed E-state index contributed by atoms with van der Waals surface area (Å²) in [5, 5.41) is 21.1. The Morgan fingerprint density at radius 3 is 2.40 bits per heavy atom. The van der Waals surface area contributed by atoms with Crippen molar-refractivity contribution in [1.29, 1.82) is 10.5 Å². The Bertz CT molecular complexity index is 1180. The second-order valence-corrected chi connectivity index (χ2v) is 8.90. The van der Waals surface area contributed by atoms with Crippen molar-refractivity contribution in [2.45, 2.75) is 37.9 Å². The molecular formula is C26H24N4O4S. The fourth-order valence-corrected chi connectivity index (χ4v) is 4.49. The standard InChI is InChI=1S/C26H24N4O4S/c1-2-3-7-14-34-26(33)18-10-12-21(13-11-18)30-23(31)15-22(25(30)32)35-24(19(16-27)17-28)29-20-8-5-4-6-9-20/h4-6,8-13,22,29H,2-3,7,14-15H2,1H3/t22-/m0/s1. The third-order valence-corrected chi connectivity index (χ3v) is 6.38. The number of imide groups is 1. The van der Waals surface area contributed by atoms with Gasteiger partial charge in [0.2, 0.25) is 11.8 Å². The zero-order chi connectivity index (χ0) is 25.2. The van der Waals surface area contributed by atoms with Gasteiger partial charge in [0.15, 0.2) is 5.57 Å². The number of benzene rings is 2. The smallest absolute Gasteiger partial charge is 0.338 e. The summed E-state index contributed by atoms with van der Waals surface area (Å²) in [7, 11) is 0. The number of hydrogen-bond acceptors (Lipinski definition) is 8. The van der Waals surface area contributed by atoms with Crippen molar-refractivity contribution in [3.05, 3.63) is 70.8 Å². The predicted molar refractivity (Wildman–Crippen MR) is 133 cm³/mol. The molecule has 0 saturated carbocycles. The van der Waals surface area contributed by atoms with E-state index >= 15 is 0 Å². The number of nitriles is 2. The van der Waals surface area contributed by atoms with E-state index < -0.39 is 23.0 Å². The second-order valence-electron chi connectivity index (χ2n) is 7.69. The van der Waals surface area contributed by atoms with Crippen molar-refractivity contribution in [3.8, 4) is 12.1 Å². The number of carbonyl (C=O) groups excluding carboxylic acids is 3. The van der Waals surface area contributed by atoms with Crippen LogP contribution in [0.25, 0.3) is 0 Å². The van der Waals surface area contributed by atoms with E-state index in [4.69, 9.17) is 4.74 Å². The number of unbranched alkanes of at least 4 members (excludes halogenated alkanes) is 2. The number of nitrogens with one attached hydrogen (secondary N) is 1. The number of ether oxygens (including phenoxy) is 1. The van der Waals surface area contributed by atoms with Gasteiger partial charge in [0, 0.05) is 12.1 Å². The van der Waals surface area contributed by atoms with Gasteiger partial charge in [-0.1, -0.05) is 49.7 Å². The van der Waals surface area contributed by atoms with Crippen LogP contribution < -0.4 is 10.2 Å². The summed E-state index contributed by atoms with van der Waals surface area (Å²) in [5.74, 6) is -1.32. The van der Waals surface area contributed by atoms with E-state index in [0.717, 1.165) is 35.9 Å². The van der Waals surface area contributed by atoms with Gasteiger partial charge in [0.25, 0.3) is 0 Å². The maximum absolute atomic E-state index is 13.1. The lowest BCUT2D eigenvalue weighted by Crippen LogP contribution is -2.31. The molecule has 0 bridgehead atoms. The molecule has 2 amide bonds. The zero-order valence-electron chi connectivity index (χ0n) is 19.2. The molecule has 1 heterocycles. The summed E-state index contributed by atoms with van der Waals surface area (Å²) < 4.78 is 5.24. The summed E-state index contributed by atoms with van der Waals surface area (Å²) in [6, 6.07) is 18.7. The number of carbonyl (C=O) groups is 3. The highest BCUT2D eigenvalue weighted by Crippen LogP contribution is 2.35. The van der Waals surface area contributed by atoms with E-state index in [9.17, 15) is 24.9 Å². The van der Waals surface area contributed by atoms with Crippen molar-refractivity contribution >= 4 is 40.9 Å². The molecule has 1 atom stereocenters. The molecular weight excluding hydrogens is 464 g/mol. The molecule has 35 heavy (non-hydrogen) atoms. The normalized spacial score (nSPS) is 14.7. The lowest BCUT2D eigenvalue weighted by Gasteiger charge is -2.16. The van der Waals surface area contributed by atoms with Crippen molar-refractivity contribution in [3.63, 3.8) is 0 Å². The number of esters is 1. The van der Waals surface area contributed by atoms with Crippen LogP contribution in [-0.4, -0.2) is 29.6 Å². The summed E-state index contributed by atoms with van der Waals surface area (Å²) >= 11 is 0.973. The quantitative estimate of drug-likeness (QED) is 0.220. The lowest BCUT2D eigenvalue weighted by molar-refractivity contribution is -0.121. The summed E-state index contributed by atoms with van der Waals surface area (Å²) in [4.78, 5) is 39.0. The minimum atomic E-state index is -0.811. The van der Waals surface area contributed by atoms with E-state index in [-0.39, 0.29) is 17.0 Å². The molecule has 0 radical (unpaired) electrons. The van der Waals surface area contributed by atoms with Crippen molar-refractivity contribution in [2.75, 3.05) is 16.8 Å². The van der Waals surface area contributed by atoms with Crippen molar-refractivity contribution < 1.29 is 19.1 Å². The Balaban J connectivity index is 1.72. The van der Waals surface area contributed by atoms with Crippen LogP contribution in [0.2, 0.25) is 0 Å². The first-order valence-electron chi connectivity index (χ1n) is 11.2. The fraction of sp³-hybridized carbons (Fsp3) is 0.269. The molecule has 2 aromatic rings. The minimum Gasteiger partial charge on any atom is -0.462 e. The third kappa shape index (κ3) is 6.50. The van der Waals surface area contributed by atoms with Crippen LogP contribution in [0.15, 0.2) is 65.2 Å². The van der Waals surface area contributed by atoms with E-state index in [1.54, 1.807) is 24.3 Å². The van der Waals surface area contributed by atoms with Gasteiger partial charge in [-0.25, -0.2) is 9.69 Å². The summed E-state index contributed by atoms with van der Waals surface area (Å²) in [6.07, 6.45) is 2.71. The van der Waals surface area contributed by atoms with Gasteiger partial charge in [-0.05, 0) is 42.8 Å². The molecule has 0 aliphatic carbocycles. The highest BCUT2D eigenvalue weighted by Gasteiger charge is 2.41. The Kier molecular flexibility index (Phi) is 9.05. The number of anilines is 2. The third-order valence-electron chi connectivity index (χ3n) is 5.19. The monoisotopic (exact) mass is 488 g/mol. The Morgan fingerprint density at radius 2 is 1.77 bits per heavy atom. The number of hydrogen-bond donors (Lipinski definition) is 1. The van der Waals surface area contributed by atoms with Crippen LogP contribution in [0.1, 0.15) is 43.0 Å². The Labute approximate surface area is 208 Å². The Hall–Kier alpha value is -4.08. The maximum atomic E-state index is 13.1. The molecule has 0 aromatic heterocycles. The molecule has 2 aromatic carbocycles. The number of thioether (sulfide) groups is 1. The summed E-state index contributed by atoms with van der Waals surface area (Å²) in [5.41, 5.74) is 1.14. The number of amides is 2. The van der Waals surface area contributed by atoms with Gasteiger partial charge in [0.05, 0.1) is 23.1 Å². The molecule has 1 N–H and O–H groups in total. The van der Waals surface area contributed by atoms with Gasteiger partial charge >= 0.3 is 5.97 Å². The van der Waals surface area contributed by atoms with E-state index in [2.05, 4.69) is 12.2 Å². The average molecular weight is 489 g/mol. The van der Waals surface area contributed by atoms with E-state index in [1.807, 2.05) is 18.2 Å². The Morgan fingerprint density at radius 1 is 1.09 bits per heavy atom. The van der Waals surface area contributed by atoms with Crippen LogP contribution in [0, 0.1) is 22.7 Å². The predicted octanol–water partition coefficient (Wildman–Crippen LogP) is 4.77. The van der Waals surface area contributed by atoms with Crippen LogP contribution in [0.3, 0.4) is 0 Å². The van der Waals surface area contributed by atoms with Crippen molar-refractivity contribution in [2.24, 2.45) is 0 Å². The average Bonchev–Trinajstić information content (AvgIpc) is 3.15. The van der Waals surface area contributed by atoms with Gasteiger partial charge in [-0.15, -0.1) is 0 Å². The molecule has 1 saturated heterocycles. The highest BCUT2D eigenvalue weighted by molar-refractivity contribution is 8.04. The lowest BCUT2D eigenvalue weighted by atomic mass is 10.2. The van der Waals surface area contributed by atoms with Crippen molar-refractivity contribution in [1.82, 2.24) is 0 Å². The molecule has 8 nitrogen and oxygen atoms in total. The molecule has 0 spiro atoms. The van der Waals surface area contributed by atoms with Gasteiger partial charge in [-0.2, -0.15) is 10.5 Å². The molecule has 1 aliphatic heterocycles. The molecule has 1 fully saturated rings. The molecule has 0 unspecified atom stereocenters. The van der Waals surface area contributed by atoms with Gasteiger partial charge in [0.1, 0.15) is 17.2 Å². The fourth-order valence-electron chi connectivity index (χ4n) is 3.39. The SMILES string of the molecule is CCCCCOC(=O)c1ccc(N2C(=O)C[C@H](SC(Nc3ccccc3)=C(C#N)C#N)C2=O)cc1.